The summed E-state index contributed by atoms with van der Waals surface area (Å²) in [6.45, 7) is 2.78. The Hall–Kier alpha value is -1.19. The number of benzene rings is 1. The van der Waals surface area contributed by atoms with Crippen LogP contribution in [0, 0.1) is 0 Å². The van der Waals surface area contributed by atoms with E-state index in [9.17, 15) is 0 Å². The Balaban J connectivity index is 2.01. The first-order valence-corrected chi connectivity index (χ1v) is 7.91. The van der Waals surface area contributed by atoms with Crippen molar-refractivity contribution in [2.75, 3.05) is 0 Å². The molecule has 1 unspecified atom stereocenters. The van der Waals surface area contributed by atoms with Crippen LogP contribution in [0.15, 0.2) is 24.3 Å². The number of hydrogen-bond acceptors (Lipinski definition) is 3. The third-order valence-electron chi connectivity index (χ3n) is 3.98. The van der Waals surface area contributed by atoms with E-state index in [1.807, 2.05) is 11.3 Å². The van der Waals surface area contributed by atoms with E-state index in [-0.39, 0.29) is 0 Å². The minimum Gasteiger partial charge on any atom is -0.326 e. The lowest BCUT2D eigenvalue weighted by Crippen LogP contribution is -2.10. The SMILES string of the molecule is CCc1nc(C2CCCc3ccccc32)sc1CN. The molecule has 2 N–H and O–H groups in total. The van der Waals surface area contributed by atoms with Crippen LogP contribution in [-0.2, 0) is 19.4 Å². The maximum atomic E-state index is 5.83. The molecule has 1 heterocycles. The molecule has 0 aliphatic heterocycles. The first kappa shape index (κ1) is 12.8. The van der Waals surface area contributed by atoms with E-state index < -0.39 is 0 Å². The summed E-state index contributed by atoms with van der Waals surface area (Å²) in [5.74, 6) is 0.487. The smallest absolute Gasteiger partial charge is 0.101 e. The summed E-state index contributed by atoms with van der Waals surface area (Å²) in [6, 6.07) is 8.83. The molecule has 2 nitrogen and oxygen atoms in total. The Labute approximate surface area is 118 Å². The van der Waals surface area contributed by atoms with Gasteiger partial charge in [-0.2, -0.15) is 0 Å². The van der Waals surface area contributed by atoms with E-state index in [0.29, 0.717) is 12.5 Å². The summed E-state index contributed by atoms with van der Waals surface area (Å²) in [7, 11) is 0. The molecule has 3 rings (SSSR count). The standard InChI is InChI=1S/C16H20N2S/c1-2-14-15(10-17)19-16(18-14)13-9-5-7-11-6-3-4-8-12(11)13/h3-4,6,8,13H,2,5,7,9-10,17H2,1H3. The zero-order chi connectivity index (χ0) is 13.2. The summed E-state index contributed by atoms with van der Waals surface area (Å²) in [6.07, 6.45) is 4.68. The molecule has 0 saturated heterocycles. The predicted molar refractivity (Wildman–Crippen MR) is 80.6 cm³/mol. The lowest BCUT2D eigenvalue weighted by atomic mass is 9.83. The van der Waals surface area contributed by atoms with Crippen LogP contribution in [0.25, 0.3) is 0 Å². The fraction of sp³-hybridized carbons (Fsp3) is 0.438. The number of thiazole rings is 1. The Morgan fingerprint density at radius 2 is 2.21 bits per heavy atom. The largest absolute Gasteiger partial charge is 0.326 e. The average molecular weight is 272 g/mol. The Bertz CT molecular complexity index is 552. The van der Waals surface area contributed by atoms with Gasteiger partial charge in [0.15, 0.2) is 0 Å². The molecule has 2 aromatic rings. The third kappa shape index (κ3) is 2.33. The van der Waals surface area contributed by atoms with Crippen molar-refractivity contribution in [3.8, 4) is 0 Å². The molecule has 1 aromatic heterocycles. The molecule has 1 atom stereocenters. The van der Waals surface area contributed by atoms with Crippen molar-refractivity contribution in [1.29, 1.82) is 0 Å². The predicted octanol–water partition coefficient (Wildman–Crippen LogP) is 3.63. The van der Waals surface area contributed by atoms with Crippen molar-refractivity contribution < 1.29 is 0 Å². The molecule has 0 bridgehead atoms. The second kappa shape index (κ2) is 5.43. The summed E-state index contributed by atoms with van der Waals surface area (Å²) in [5.41, 5.74) is 10.0. The molecule has 1 aromatic carbocycles. The van der Waals surface area contributed by atoms with Crippen LogP contribution in [0.2, 0.25) is 0 Å². The van der Waals surface area contributed by atoms with Gasteiger partial charge in [-0.05, 0) is 36.8 Å². The Morgan fingerprint density at radius 1 is 1.37 bits per heavy atom. The first-order chi connectivity index (χ1) is 9.33. The van der Waals surface area contributed by atoms with Gasteiger partial charge in [0.05, 0.1) is 5.69 Å². The molecule has 0 amide bonds. The lowest BCUT2D eigenvalue weighted by Gasteiger charge is -2.23. The van der Waals surface area contributed by atoms with Crippen molar-refractivity contribution in [1.82, 2.24) is 4.98 Å². The molecule has 0 spiro atoms. The topological polar surface area (TPSA) is 38.9 Å². The quantitative estimate of drug-likeness (QED) is 0.926. The molecule has 0 radical (unpaired) electrons. The molecule has 3 heteroatoms. The van der Waals surface area contributed by atoms with Crippen LogP contribution in [0.3, 0.4) is 0 Å². The molecule has 0 saturated carbocycles. The molecule has 1 aliphatic carbocycles. The van der Waals surface area contributed by atoms with Gasteiger partial charge in [0.25, 0.3) is 0 Å². The number of nitrogens with two attached hydrogens (primary N) is 1. The number of aromatic nitrogens is 1. The molecular weight excluding hydrogens is 252 g/mol. The van der Waals surface area contributed by atoms with Crippen molar-refractivity contribution in [3.63, 3.8) is 0 Å². The van der Waals surface area contributed by atoms with Gasteiger partial charge in [0.2, 0.25) is 0 Å². The van der Waals surface area contributed by atoms with Crippen LogP contribution in [-0.4, -0.2) is 4.98 Å². The van der Waals surface area contributed by atoms with Gasteiger partial charge in [-0.15, -0.1) is 11.3 Å². The van der Waals surface area contributed by atoms with Crippen LogP contribution in [0.4, 0.5) is 0 Å². The van der Waals surface area contributed by atoms with E-state index in [2.05, 4.69) is 31.2 Å². The number of rotatable bonds is 3. The van der Waals surface area contributed by atoms with Crippen LogP contribution >= 0.6 is 11.3 Å². The van der Waals surface area contributed by atoms with Gasteiger partial charge >= 0.3 is 0 Å². The van der Waals surface area contributed by atoms with Gasteiger partial charge in [0.1, 0.15) is 5.01 Å². The van der Waals surface area contributed by atoms with E-state index in [0.717, 1.165) is 6.42 Å². The number of nitrogens with zero attached hydrogens (tertiary/aromatic N) is 1. The number of hydrogen-bond donors (Lipinski definition) is 1. The molecule has 100 valence electrons. The van der Waals surface area contributed by atoms with Crippen molar-refractivity contribution in [2.45, 2.75) is 45.1 Å². The van der Waals surface area contributed by atoms with E-state index in [4.69, 9.17) is 10.7 Å². The second-order valence-corrected chi connectivity index (χ2v) is 6.24. The minimum absolute atomic E-state index is 0.487. The summed E-state index contributed by atoms with van der Waals surface area (Å²) in [5, 5.41) is 1.27. The Kier molecular flexibility index (Phi) is 3.67. The molecule has 19 heavy (non-hydrogen) atoms. The lowest BCUT2D eigenvalue weighted by molar-refractivity contribution is 0.612. The van der Waals surface area contributed by atoms with Gasteiger partial charge in [0, 0.05) is 17.3 Å². The summed E-state index contributed by atoms with van der Waals surface area (Å²) < 4.78 is 0. The zero-order valence-electron chi connectivity index (χ0n) is 11.4. The van der Waals surface area contributed by atoms with Gasteiger partial charge in [-0.25, -0.2) is 4.98 Å². The van der Waals surface area contributed by atoms with E-state index >= 15 is 0 Å². The maximum absolute atomic E-state index is 5.83. The highest BCUT2D eigenvalue weighted by Gasteiger charge is 2.24. The highest BCUT2D eigenvalue weighted by atomic mass is 32.1. The van der Waals surface area contributed by atoms with E-state index in [1.54, 1.807) is 0 Å². The normalized spacial score (nSPS) is 18.3. The molecule has 1 aliphatic rings. The van der Waals surface area contributed by atoms with Crippen molar-refractivity contribution in [3.05, 3.63) is 51.0 Å². The van der Waals surface area contributed by atoms with Gasteiger partial charge in [-0.3, -0.25) is 0 Å². The first-order valence-electron chi connectivity index (χ1n) is 7.09. The van der Waals surface area contributed by atoms with Gasteiger partial charge < -0.3 is 5.73 Å². The highest BCUT2D eigenvalue weighted by Crippen LogP contribution is 2.39. The van der Waals surface area contributed by atoms with Crippen LogP contribution in [0.5, 0.6) is 0 Å². The van der Waals surface area contributed by atoms with Crippen molar-refractivity contribution >= 4 is 11.3 Å². The monoisotopic (exact) mass is 272 g/mol. The van der Waals surface area contributed by atoms with E-state index in [1.165, 1.54) is 46.0 Å². The minimum atomic E-state index is 0.487. The fourth-order valence-electron chi connectivity index (χ4n) is 3.00. The molecule has 0 fully saturated rings. The summed E-state index contributed by atoms with van der Waals surface area (Å²) in [4.78, 5) is 6.12. The fourth-order valence-corrected chi connectivity index (χ4v) is 4.19. The van der Waals surface area contributed by atoms with Gasteiger partial charge in [-0.1, -0.05) is 31.2 Å². The zero-order valence-corrected chi connectivity index (χ0v) is 12.2. The van der Waals surface area contributed by atoms with Crippen molar-refractivity contribution in [2.24, 2.45) is 5.73 Å². The summed E-state index contributed by atoms with van der Waals surface area (Å²) >= 11 is 1.82. The maximum Gasteiger partial charge on any atom is 0.101 e. The average Bonchev–Trinajstić information content (AvgIpc) is 2.89. The number of aryl methyl sites for hydroxylation is 2. The second-order valence-electron chi connectivity index (χ2n) is 5.12. The number of fused-ring (bicyclic) bond motifs is 1. The van der Waals surface area contributed by atoms with Crippen LogP contribution in [0.1, 0.15) is 52.4 Å². The highest BCUT2D eigenvalue weighted by molar-refractivity contribution is 7.11. The van der Waals surface area contributed by atoms with Crippen LogP contribution < -0.4 is 5.73 Å². The Morgan fingerprint density at radius 3 is 2.95 bits per heavy atom. The molecular formula is C16H20N2S. The third-order valence-corrected chi connectivity index (χ3v) is 5.22.